The molecule has 1 fully saturated rings. The second-order valence-electron chi connectivity index (χ2n) is 5.54. The van der Waals surface area contributed by atoms with E-state index in [1.54, 1.807) is 0 Å². The fraction of sp³-hybridized carbons (Fsp3) is 1.00. The van der Waals surface area contributed by atoms with Crippen LogP contribution in [0, 0.1) is 5.92 Å². The maximum Gasteiger partial charge on any atom is 0.0235 e. The van der Waals surface area contributed by atoms with Gasteiger partial charge >= 0.3 is 0 Å². The second kappa shape index (κ2) is 6.58. The Labute approximate surface area is 101 Å². The minimum absolute atomic E-state index is 0.656. The van der Waals surface area contributed by atoms with E-state index in [0.29, 0.717) is 12.1 Å². The van der Waals surface area contributed by atoms with Gasteiger partial charge in [-0.3, -0.25) is 0 Å². The zero-order valence-corrected chi connectivity index (χ0v) is 11.7. The highest BCUT2D eigenvalue weighted by Crippen LogP contribution is 2.15. The van der Waals surface area contributed by atoms with Crippen LogP contribution < -0.4 is 5.32 Å². The van der Waals surface area contributed by atoms with E-state index in [1.165, 1.54) is 26.1 Å². The van der Waals surface area contributed by atoms with Gasteiger partial charge in [-0.1, -0.05) is 20.8 Å². The van der Waals surface area contributed by atoms with E-state index >= 15 is 0 Å². The molecule has 1 heterocycles. The first kappa shape index (κ1) is 13.9. The molecule has 0 radical (unpaired) electrons. The molecule has 3 heteroatoms. The predicted octanol–water partition coefficient (Wildman–Crippen LogP) is 1.26. The third-order valence-corrected chi connectivity index (χ3v) is 3.78. The topological polar surface area (TPSA) is 18.5 Å². The Hall–Kier alpha value is -0.120. The molecule has 0 spiro atoms. The van der Waals surface area contributed by atoms with Crippen molar-refractivity contribution in [1.29, 1.82) is 0 Å². The van der Waals surface area contributed by atoms with Crippen molar-refractivity contribution in [3.8, 4) is 0 Å². The minimum Gasteiger partial charge on any atom is -0.314 e. The van der Waals surface area contributed by atoms with Gasteiger partial charge in [0.2, 0.25) is 0 Å². The van der Waals surface area contributed by atoms with E-state index in [4.69, 9.17) is 0 Å². The lowest BCUT2D eigenvalue weighted by atomic mass is 9.95. The molecule has 2 atom stereocenters. The molecule has 0 aromatic heterocycles. The Morgan fingerprint density at radius 1 is 1.25 bits per heavy atom. The van der Waals surface area contributed by atoms with Crippen LogP contribution in [0.5, 0.6) is 0 Å². The smallest absolute Gasteiger partial charge is 0.0235 e. The molecule has 0 aromatic carbocycles. The Bertz CT molecular complexity index is 194. The van der Waals surface area contributed by atoms with E-state index in [-0.39, 0.29) is 0 Å². The summed E-state index contributed by atoms with van der Waals surface area (Å²) in [7, 11) is 4.50. The summed E-state index contributed by atoms with van der Waals surface area (Å²) in [6, 6.07) is 1.37. The lowest BCUT2D eigenvalue weighted by Crippen LogP contribution is -2.52. The lowest BCUT2D eigenvalue weighted by molar-refractivity contribution is 0.0965. The number of nitrogens with one attached hydrogen (secondary N) is 1. The largest absolute Gasteiger partial charge is 0.314 e. The third kappa shape index (κ3) is 4.04. The highest BCUT2D eigenvalue weighted by atomic mass is 15.3. The van der Waals surface area contributed by atoms with Crippen LogP contribution in [0.3, 0.4) is 0 Å². The van der Waals surface area contributed by atoms with Gasteiger partial charge in [0.1, 0.15) is 0 Å². The fourth-order valence-corrected chi connectivity index (χ4v) is 2.50. The normalized spacial score (nSPS) is 26.2. The van der Waals surface area contributed by atoms with Crippen molar-refractivity contribution in [3.05, 3.63) is 0 Å². The van der Waals surface area contributed by atoms with Crippen molar-refractivity contribution >= 4 is 0 Å². The standard InChI is InChI=1S/C13H29N3/c1-6-14-13(11(2)3)9-12-10-15(4)7-8-16(12)5/h11-14H,6-10H2,1-5H3. The first-order valence-electron chi connectivity index (χ1n) is 6.66. The van der Waals surface area contributed by atoms with Crippen LogP contribution in [-0.2, 0) is 0 Å². The van der Waals surface area contributed by atoms with Gasteiger partial charge in [-0.25, -0.2) is 0 Å². The van der Waals surface area contributed by atoms with Gasteiger partial charge in [-0.05, 0) is 33.0 Å². The average molecular weight is 227 g/mol. The molecule has 0 amide bonds. The van der Waals surface area contributed by atoms with Crippen molar-refractivity contribution < 1.29 is 0 Å². The third-order valence-electron chi connectivity index (χ3n) is 3.78. The molecular weight excluding hydrogens is 198 g/mol. The SMILES string of the molecule is CCNC(CC1CN(C)CCN1C)C(C)C. The summed E-state index contributed by atoms with van der Waals surface area (Å²) < 4.78 is 0. The zero-order chi connectivity index (χ0) is 12.1. The second-order valence-corrected chi connectivity index (χ2v) is 5.54. The molecule has 0 aromatic rings. The molecule has 1 aliphatic heterocycles. The number of hydrogen-bond donors (Lipinski definition) is 1. The minimum atomic E-state index is 0.656. The molecule has 96 valence electrons. The highest BCUT2D eigenvalue weighted by Gasteiger charge is 2.25. The molecule has 1 N–H and O–H groups in total. The van der Waals surface area contributed by atoms with Crippen molar-refractivity contribution in [2.45, 2.75) is 39.3 Å². The molecule has 1 aliphatic rings. The Kier molecular flexibility index (Phi) is 5.73. The Morgan fingerprint density at radius 3 is 2.50 bits per heavy atom. The summed E-state index contributed by atoms with van der Waals surface area (Å²) in [5, 5.41) is 3.62. The molecule has 0 saturated carbocycles. The van der Waals surface area contributed by atoms with Crippen LogP contribution >= 0.6 is 0 Å². The summed E-state index contributed by atoms with van der Waals surface area (Å²) in [6.07, 6.45) is 1.27. The zero-order valence-electron chi connectivity index (χ0n) is 11.7. The molecule has 0 aliphatic carbocycles. The summed E-state index contributed by atoms with van der Waals surface area (Å²) in [5.41, 5.74) is 0. The molecule has 1 saturated heterocycles. The van der Waals surface area contributed by atoms with Crippen molar-refractivity contribution in [2.75, 3.05) is 40.3 Å². The summed E-state index contributed by atoms with van der Waals surface area (Å²) in [4.78, 5) is 4.97. The maximum absolute atomic E-state index is 3.62. The monoisotopic (exact) mass is 227 g/mol. The first-order valence-corrected chi connectivity index (χ1v) is 6.66. The molecular formula is C13H29N3. The Morgan fingerprint density at radius 2 is 1.94 bits per heavy atom. The van der Waals surface area contributed by atoms with E-state index in [2.05, 4.69) is 50.0 Å². The molecule has 1 rings (SSSR count). The van der Waals surface area contributed by atoms with E-state index in [0.717, 1.165) is 12.5 Å². The number of rotatable bonds is 5. The predicted molar refractivity (Wildman–Crippen MR) is 70.8 cm³/mol. The number of piperazine rings is 1. The average Bonchev–Trinajstić information content (AvgIpc) is 2.22. The first-order chi connectivity index (χ1) is 7.54. The Balaban J connectivity index is 2.48. The van der Waals surface area contributed by atoms with Gasteiger partial charge < -0.3 is 15.1 Å². The molecule has 16 heavy (non-hydrogen) atoms. The number of nitrogens with zero attached hydrogens (tertiary/aromatic N) is 2. The molecule has 2 unspecified atom stereocenters. The number of likely N-dealkylation sites (N-methyl/N-ethyl adjacent to an activating group) is 2. The van der Waals surface area contributed by atoms with Crippen LogP contribution in [0.15, 0.2) is 0 Å². The van der Waals surface area contributed by atoms with Crippen LogP contribution in [0.4, 0.5) is 0 Å². The van der Waals surface area contributed by atoms with Gasteiger partial charge in [0.05, 0.1) is 0 Å². The summed E-state index contributed by atoms with van der Waals surface area (Å²) in [6.45, 7) is 11.5. The number of hydrogen-bond acceptors (Lipinski definition) is 3. The molecule has 3 nitrogen and oxygen atoms in total. The quantitative estimate of drug-likeness (QED) is 0.763. The van der Waals surface area contributed by atoms with E-state index < -0.39 is 0 Å². The van der Waals surface area contributed by atoms with Crippen molar-refractivity contribution in [2.24, 2.45) is 5.92 Å². The maximum atomic E-state index is 3.62. The van der Waals surface area contributed by atoms with E-state index in [9.17, 15) is 0 Å². The van der Waals surface area contributed by atoms with Gasteiger partial charge in [0.25, 0.3) is 0 Å². The summed E-state index contributed by atoms with van der Waals surface area (Å²) in [5.74, 6) is 0.723. The van der Waals surface area contributed by atoms with Gasteiger partial charge in [0, 0.05) is 31.7 Å². The fourth-order valence-electron chi connectivity index (χ4n) is 2.50. The highest BCUT2D eigenvalue weighted by molar-refractivity contribution is 4.84. The van der Waals surface area contributed by atoms with Crippen LogP contribution in [-0.4, -0.2) is 62.2 Å². The summed E-state index contributed by atoms with van der Waals surface area (Å²) >= 11 is 0. The van der Waals surface area contributed by atoms with Gasteiger partial charge in [-0.15, -0.1) is 0 Å². The van der Waals surface area contributed by atoms with E-state index in [1.807, 2.05) is 0 Å². The lowest BCUT2D eigenvalue weighted by Gasteiger charge is -2.40. The van der Waals surface area contributed by atoms with Gasteiger partial charge in [0.15, 0.2) is 0 Å². The van der Waals surface area contributed by atoms with Crippen LogP contribution in [0.1, 0.15) is 27.2 Å². The van der Waals surface area contributed by atoms with Crippen molar-refractivity contribution in [3.63, 3.8) is 0 Å². The molecule has 0 bridgehead atoms. The van der Waals surface area contributed by atoms with Crippen LogP contribution in [0.2, 0.25) is 0 Å². The van der Waals surface area contributed by atoms with Gasteiger partial charge in [-0.2, -0.15) is 0 Å². The van der Waals surface area contributed by atoms with Crippen molar-refractivity contribution in [1.82, 2.24) is 15.1 Å². The van der Waals surface area contributed by atoms with Crippen LogP contribution in [0.25, 0.3) is 0 Å².